The maximum atomic E-state index is 13.7. The van der Waals surface area contributed by atoms with Crippen LogP contribution in [-0.2, 0) is 35.2 Å². The predicted molar refractivity (Wildman–Crippen MR) is 140 cm³/mol. The molecule has 2 heterocycles. The van der Waals surface area contributed by atoms with E-state index in [4.69, 9.17) is 15.9 Å². The third-order valence-electron chi connectivity index (χ3n) is 6.96. The predicted octanol–water partition coefficient (Wildman–Crippen LogP) is -1.26. The van der Waals surface area contributed by atoms with Gasteiger partial charge in [-0.05, 0) is 32.1 Å². The highest BCUT2D eigenvalue weighted by Gasteiger charge is 2.40. The van der Waals surface area contributed by atoms with Crippen molar-refractivity contribution >= 4 is 35.6 Å². The van der Waals surface area contributed by atoms with Crippen LogP contribution >= 0.6 is 0 Å². The fourth-order valence-corrected chi connectivity index (χ4v) is 4.30. The first-order valence-corrected chi connectivity index (χ1v) is 13.2. The number of nitrogens with one attached hydrogen (secondary N) is 4. The SMILES string of the molecule is CC[C@H](C)[C@H](NC(=O)[C@H](Cc1cnc[nH]1)NC(=O)[C@@H](N)CCC(=O)O)C(=O)N1CCC[C@H]1C(=O)N[C@@H](C)C(=O)O. The summed E-state index contributed by atoms with van der Waals surface area (Å²) in [5, 5.41) is 25.7. The Morgan fingerprint density at radius 1 is 1.12 bits per heavy atom. The third-order valence-corrected chi connectivity index (χ3v) is 6.96. The normalized spacial score (nSPS) is 18.6. The lowest BCUT2D eigenvalue weighted by Crippen LogP contribution is -2.60. The zero-order valence-corrected chi connectivity index (χ0v) is 22.9. The number of H-pyrrole nitrogens is 1. The second kappa shape index (κ2) is 15.0. The maximum absolute atomic E-state index is 13.7. The number of rotatable bonds is 15. The van der Waals surface area contributed by atoms with Crippen molar-refractivity contribution in [3.63, 3.8) is 0 Å². The summed E-state index contributed by atoms with van der Waals surface area (Å²) in [6, 6.07) is -5.39. The second-order valence-corrected chi connectivity index (χ2v) is 10.0. The Hall–Kier alpha value is -4.01. The Labute approximate surface area is 231 Å². The van der Waals surface area contributed by atoms with Crippen LogP contribution in [0.4, 0.5) is 0 Å². The molecular formula is C25H39N7O8. The van der Waals surface area contributed by atoms with Crippen LogP contribution < -0.4 is 21.7 Å². The minimum absolute atomic E-state index is 0.00748. The molecule has 0 bridgehead atoms. The van der Waals surface area contributed by atoms with Gasteiger partial charge < -0.3 is 41.8 Å². The smallest absolute Gasteiger partial charge is 0.325 e. The summed E-state index contributed by atoms with van der Waals surface area (Å²) >= 11 is 0. The van der Waals surface area contributed by atoms with Gasteiger partial charge in [-0.25, -0.2) is 4.98 Å². The van der Waals surface area contributed by atoms with E-state index in [0.29, 0.717) is 25.0 Å². The van der Waals surface area contributed by atoms with Crippen molar-refractivity contribution in [3.8, 4) is 0 Å². The summed E-state index contributed by atoms with van der Waals surface area (Å²) in [5.74, 6) is -5.15. The van der Waals surface area contributed by atoms with E-state index in [-0.39, 0.29) is 31.7 Å². The van der Waals surface area contributed by atoms with E-state index in [2.05, 4.69) is 25.9 Å². The van der Waals surface area contributed by atoms with Crippen LogP contribution in [0.15, 0.2) is 12.5 Å². The Balaban J connectivity index is 2.22. The number of carboxylic acid groups (broad SMARTS) is 2. The summed E-state index contributed by atoms with van der Waals surface area (Å²) in [7, 11) is 0. The van der Waals surface area contributed by atoms with Crippen molar-refractivity contribution in [3.05, 3.63) is 18.2 Å². The van der Waals surface area contributed by atoms with Crippen LogP contribution in [-0.4, -0.2) is 97.4 Å². The fourth-order valence-electron chi connectivity index (χ4n) is 4.30. The Bertz CT molecular complexity index is 1060. The highest BCUT2D eigenvalue weighted by molar-refractivity contribution is 5.96. The zero-order valence-electron chi connectivity index (χ0n) is 22.9. The van der Waals surface area contributed by atoms with Crippen LogP contribution in [0.5, 0.6) is 0 Å². The number of carboxylic acids is 2. The number of nitrogens with zero attached hydrogens (tertiary/aromatic N) is 2. The molecule has 1 aliphatic heterocycles. The average molecular weight is 566 g/mol. The lowest BCUT2D eigenvalue weighted by molar-refractivity contribution is -0.145. The molecule has 15 heteroatoms. The van der Waals surface area contributed by atoms with Gasteiger partial charge >= 0.3 is 11.9 Å². The van der Waals surface area contributed by atoms with Gasteiger partial charge in [-0.1, -0.05) is 20.3 Å². The van der Waals surface area contributed by atoms with E-state index in [0.717, 1.165) is 0 Å². The number of likely N-dealkylation sites (tertiary alicyclic amines) is 1. The summed E-state index contributed by atoms with van der Waals surface area (Å²) in [6.07, 6.45) is 3.79. The van der Waals surface area contributed by atoms with Gasteiger partial charge in [0, 0.05) is 31.3 Å². The van der Waals surface area contributed by atoms with E-state index < -0.39 is 65.8 Å². The molecule has 4 amide bonds. The molecule has 1 aromatic heterocycles. The van der Waals surface area contributed by atoms with Crippen LogP contribution in [0, 0.1) is 5.92 Å². The highest BCUT2D eigenvalue weighted by atomic mass is 16.4. The topological polar surface area (TPSA) is 237 Å². The molecule has 6 atom stereocenters. The summed E-state index contributed by atoms with van der Waals surface area (Å²) in [4.78, 5) is 82.7. The van der Waals surface area contributed by atoms with Gasteiger partial charge in [0.15, 0.2) is 0 Å². The molecule has 1 aliphatic rings. The first kappa shape index (κ1) is 32.2. The highest BCUT2D eigenvalue weighted by Crippen LogP contribution is 2.22. The number of hydrogen-bond donors (Lipinski definition) is 7. The Kier molecular flexibility index (Phi) is 12.0. The standard InChI is InChI=1S/C25H39N7O8/c1-4-13(2)20(24(38)32-9-5-6-18(32)23(37)29-14(3)25(39)40)31-22(36)17(10-15-11-27-12-28-15)30-21(35)16(26)7-8-19(33)34/h11-14,16-18,20H,4-10,26H2,1-3H3,(H,27,28)(H,29,37)(H,30,35)(H,31,36)(H,33,34)(H,39,40)/t13-,14-,16-,17-,18-,20-/m0/s1. The van der Waals surface area contributed by atoms with Crippen molar-refractivity contribution < 1.29 is 39.0 Å². The molecule has 0 aromatic carbocycles. The molecule has 1 fully saturated rings. The molecular weight excluding hydrogens is 526 g/mol. The monoisotopic (exact) mass is 565 g/mol. The number of aromatic amines is 1. The van der Waals surface area contributed by atoms with E-state index in [1.807, 2.05) is 6.92 Å². The average Bonchev–Trinajstić information content (AvgIpc) is 3.61. The largest absolute Gasteiger partial charge is 0.481 e. The van der Waals surface area contributed by atoms with Gasteiger partial charge in [0.25, 0.3) is 0 Å². The molecule has 0 spiro atoms. The minimum atomic E-state index is -1.21. The molecule has 1 aromatic rings. The van der Waals surface area contributed by atoms with Crippen molar-refractivity contribution in [2.75, 3.05) is 6.54 Å². The number of aliphatic carboxylic acids is 2. The first-order valence-electron chi connectivity index (χ1n) is 13.2. The van der Waals surface area contributed by atoms with Crippen molar-refractivity contribution in [1.82, 2.24) is 30.8 Å². The lowest BCUT2D eigenvalue weighted by atomic mass is 9.96. The molecule has 0 unspecified atom stereocenters. The number of carbonyl (C=O) groups is 6. The minimum Gasteiger partial charge on any atom is -0.481 e. The Morgan fingerprint density at radius 3 is 2.40 bits per heavy atom. The van der Waals surface area contributed by atoms with Crippen molar-refractivity contribution in [1.29, 1.82) is 0 Å². The number of aromatic nitrogens is 2. The van der Waals surface area contributed by atoms with E-state index >= 15 is 0 Å². The molecule has 222 valence electrons. The van der Waals surface area contributed by atoms with Crippen LogP contribution in [0.25, 0.3) is 0 Å². The first-order chi connectivity index (χ1) is 18.8. The van der Waals surface area contributed by atoms with Gasteiger partial charge in [0.1, 0.15) is 24.2 Å². The van der Waals surface area contributed by atoms with Gasteiger partial charge in [-0.3, -0.25) is 28.8 Å². The molecule has 2 rings (SSSR count). The molecule has 0 saturated carbocycles. The summed E-state index contributed by atoms with van der Waals surface area (Å²) < 4.78 is 0. The quantitative estimate of drug-likeness (QED) is 0.133. The van der Waals surface area contributed by atoms with E-state index in [9.17, 15) is 28.8 Å². The number of carbonyl (C=O) groups excluding carboxylic acids is 4. The zero-order chi connectivity index (χ0) is 30.0. The molecule has 15 nitrogen and oxygen atoms in total. The maximum Gasteiger partial charge on any atom is 0.325 e. The van der Waals surface area contributed by atoms with E-state index in [1.165, 1.54) is 24.3 Å². The van der Waals surface area contributed by atoms with Gasteiger partial charge in [0.2, 0.25) is 23.6 Å². The van der Waals surface area contributed by atoms with Gasteiger partial charge in [-0.15, -0.1) is 0 Å². The number of amides is 4. The van der Waals surface area contributed by atoms with Crippen molar-refractivity contribution in [2.45, 2.75) is 89.5 Å². The molecule has 8 N–H and O–H groups in total. The molecule has 1 saturated heterocycles. The number of nitrogens with two attached hydrogens (primary N) is 1. The lowest BCUT2D eigenvalue weighted by Gasteiger charge is -2.32. The third kappa shape index (κ3) is 9.03. The number of hydrogen-bond acceptors (Lipinski definition) is 8. The van der Waals surface area contributed by atoms with Crippen LogP contribution in [0.3, 0.4) is 0 Å². The van der Waals surface area contributed by atoms with Crippen LogP contribution in [0.2, 0.25) is 0 Å². The van der Waals surface area contributed by atoms with Gasteiger partial charge in [-0.2, -0.15) is 0 Å². The van der Waals surface area contributed by atoms with Crippen LogP contribution in [0.1, 0.15) is 58.6 Å². The van der Waals surface area contributed by atoms with E-state index in [1.54, 1.807) is 6.92 Å². The summed E-state index contributed by atoms with van der Waals surface area (Å²) in [5.41, 5.74) is 6.35. The molecule has 0 radical (unpaired) electrons. The van der Waals surface area contributed by atoms with Gasteiger partial charge in [0.05, 0.1) is 12.4 Å². The molecule has 0 aliphatic carbocycles. The molecule has 40 heavy (non-hydrogen) atoms. The fraction of sp³-hybridized carbons (Fsp3) is 0.640. The summed E-state index contributed by atoms with van der Waals surface area (Å²) in [6.45, 7) is 5.19. The number of imidazole rings is 1. The second-order valence-electron chi connectivity index (χ2n) is 10.0. The van der Waals surface area contributed by atoms with Crippen molar-refractivity contribution in [2.24, 2.45) is 11.7 Å². The Morgan fingerprint density at radius 2 is 1.82 bits per heavy atom.